The zero-order valence-corrected chi connectivity index (χ0v) is 16.7. The van der Waals surface area contributed by atoms with Crippen LogP contribution in [0.25, 0.3) is 0 Å². The third kappa shape index (κ3) is 5.03. The Bertz CT molecular complexity index is 642. The van der Waals surface area contributed by atoms with Crippen LogP contribution in [0.1, 0.15) is 18.9 Å². The first-order chi connectivity index (χ1) is 12.0. The lowest BCUT2D eigenvalue weighted by Crippen LogP contribution is -2.44. The molecule has 0 aliphatic carbocycles. The minimum absolute atomic E-state index is 0.231. The first-order valence-corrected chi connectivity index (χ1v) is 12.6. The molecule has 0 unspecified atom stereocenters. The van der Waals surface area contributed by atoms with E-state index in [9.17, 15) is 0 Å². The fraction of sp³-hybridized carbons (Fsp3) is 0.455. The Morgan fingerprint density at radius 1 is 1.00 bits per heavy atom. The lowest BCUT2D eigenvalue weighted by Gasteiger charge is -2.26. The normalized spacial score (nSPS) is 23.7. The molecule has 0 saturated carbocycles. The van der Waals surface area contributed by atoms with Crippen LogP contribution >= 0.6 is 0 Å². The van der Waals surface area contributed by atoms with E-state index in [4.69, 9.17) is 9.47 Å². The summed E-state index contributed by atoms with van der Waals surface area (Å²) in [6.45, 7) is 8.57. The van der Waals surface area contributed by atoms with Gasteiger partial charge in [-0.25, -0.2) is 0 Å². The van der Waals surface area contributed by atoms with E-state index in [1.165, 1.54) is 16.8 Å². The van der Waals surface area contributed by atoms with Gasteiger partial charge in [0.25, 0.3) is 0 Å². The molecule has 2 nitrogen and oxygen atoms in total. The van der Waals surface area contributed by atoms with Gasteiger partial charge in [-0.15, -0.1) is 0 Å². The van der Waals surface area contributed by atoms with E-state index < -0.39 is 8.07 Å². The molecule has 1 aliphatic heterocycles. The Labute approximate surface area is 153 Å². The van der Waals surface area contributed by atoms with Crippen molar-refractivity contribution in [3.05, 3.63) is 66.2 Å². The molecular formula is C22H30O2Si. The largest absolute Gasteiger partial charge is 0.374 e. The van der Waals surface area contributed by atoms with E-state index in [1.807, 2.05) is 6.07 Å². The lowest BCUT2D eigenvalue weighted by molar-refractivity contribution is -0.0244. The van der Waals surface area contributed by atoms with Crippen molar-refractivity contribution >= 4 is 13.3 Å². The van der Waals surface area contributed by atoms with Gasteiger partial charge in [-0.05, 0) is 23.9 Å². The first kappa shape index (κ1) is 18.4. The summed E-state index contributed by atoms with van der Waals surface area (Å²) in [5.74, 6) is 0.571. The van der Waals surface area contributed by atoms with Crippen LogP contribution in [0.2, 0.25) is 19.1 Å². The Morgan fingerprint density at radius 3 is 2.32 bits per heavy atom. The molecule has 134 valence electrons. The summed E-state index contributed by atoms with van der Waals surface area (Å²) in [5.41, 5.74) is 1.22. The number of hydrogen-bond donors (Lipinski definition) is 0. The van der Waals surface area contributed by atoms with Crippen molar-refractivity contribution in [3.8, 4) is 0 Å². The van der Waals surface area contributed by atoms with Crippen molar-refractivity contribution in [2.75, 3.05) is 6.61 Å². The second-order valence-corrected chi connectivity index (χ2v) is 12.7. The van der Waals surface area contributed by atoms with E-state index in [2.05, 4.69) is 74.6 Å². The van der Waals surface area contributed by atoms with E-state index in [-0.39, 0.29) is 6.10 Å². The van der Waals surface area contributed by atoms with Crippen LogP contribution in [-0.4, -0.2) is 26.9 Å². The minimum Gasteiger partial charge on any atom is -0.374 e. The molecular weight excluding hydrogens is 324 g/mol. The van der Waals surface area contributed by atoms with E-state index >= 15 is 0 Å². The first-order valence-electron chi connectivity index (χ1n) is 9.37. The van der Waals surface area contributed by atoms with Gasteiger partial charge in [0.2, 0.25) is 0 Å². The summed E-state index contributed by atoms with van der Waals surface area (Å²) in [6, 6.07) is 22.5. The summed E-state index contributed by atoms with van der Waals surface area (Å²) in [6.07, 6.45) is 1.76. The lowest BCUT2D eigenvalue weighted by atomic mass is 10.0. The maximum Gasteiger partial charge on any atom is 0.0838 e. The molecule has 0 bridgehead atoms. The quantitative estimate of drug-likeness (QED) is 0.676. The van der Waals surface area contributed by atoms with Crippen LogP contribution < -0.4 is 5.19 Å². The molecule has 1 aliphatic rings. The summed E-state index contributed by atoms with van der Waals surface area (Å²) < 4.78 is 12.3. The standard InChI is InChI=1S/C22H30O2Si/c1-18-14-20(17-25(2,3)21-12-8-5-9-13-21)24-22(18)16-23-15-19-10-6-4-7-11-19/h4-13,18,20,22H,14-17H2,1-3H3/t18-,20+,22+/m0/s1. The van der Waals surface area contributed by atoms with Crippen molar-refractivity contribution < 1.29 is 9.47 Å². The van der Waals surface area contributed by atoms with Crippen LogP contribution in [0.15, 0.2) is 60.7 Å². The number of ether oxygens (including phenoxy) is 2. The molecule has 25 heavy (non-hydrogen) atoms. The summed E-state index contributed by atoms with van der Waals surface area (Å²) >= 11 is 0. The molecule has 0 spiro atoms. The van der Waals surface area contributed by atoms with Gasteiger partial charge in [0.15, 0.2) is 0 Å². The maximum absolute atomic E-state index is 6.38. The van der Waals surface area contributed by atoms with Crippen molar-refractivity contribution in [2.24, 2.45) is 5.92 Å². The van der Waals surface area contributed by atoms with E-state index in [0.717, 1.165) is 6.42 Å². The smallest absolute Gasteiger partial charge is 0.0838 e. The average molecular weight is 355 g/mol. The average Bonchev–Trinajstić information content (AvgIpc) is 2.95. The molecule has 1 fully saturated rings. The highest BCUT2D eigenvalue weighted by Gasteiger charge is 2.36. The summed E-state index contributed by atoms with van der Waals surface area (Å²) in [7, 11) is -1.45. The van der Waals surface area contributed by atoms with Gasteiger partial charge in [0.05, 0.1) is 33.5 Å². The summed E-state index contributed by atoms with van der Waals surface area (Å²) in [5, 5.41) is 1.52. The van der Waals surface area contributed by atoms with Crippen molar-refractivity contribution in [3.63, 3.8) is 0 Å². The van der Waals surface area contributed by atoms with Crippen molar-refractivity contribution in [1.29, 1.82) is 0 Å². The molecule has 0 aromatic heterocycles. The molecule has 1 heterocycles. The Balaban J connectivity index is 1.49. The number of hydrogen-bond acceptors (Lipinski definition) is 2. The molecule has 1 saturated heterocycles. The van der Waals surface area contributed by atoms with Crippen LogP contribution in [-0.2, 0) is 16.1 Å². The molecule has 0 radical (unpaired) electrons. The van der Waals surface area contributed by atoms with Crippen LogP contribution in [0.3, 0.4) is 0 Å². The highest BCUT2D eigenvalue weighted by molar-refractivity contribution is 6.89. The van der Waals surface area contributed by atoms with Crippen molar-refractivity contribution in [2.45, 2.75) is 51.3 Å². The van der Waals surface area contributed by atoms with Gasteiger partial charge in [0, 0.05) is 0 Å². The van der Waals surface area contributed by atoms with Gasteiger partial charge in [-0.1, -0.05) is 85.9 Å². The Hall–Kier alpha value is -1.42. The maximum atomic E-state index is 6.38. The number of benzene rings is 2. The number of rotatable bonds is 7. The topological polar surface area (TPSA) is 18.5 Å². The molecule has 2 aromatic rings. The predicted octanol–water partition coefficient (Wildman–Crippen LogP) is 4.61. The van der Waals surface area contributed by atoms with Gasteiger partial charge >= 0.3 is 0 Å². The minimum atomic E-state index is -1.45. The third-order valence-corrected chi connectivity index (χ3v) is 8.70. The fourth-order valence-electron chi connectivity index (χ4n) is 3.78. The molecule has 0 amide bonds. The van der Waals surface area contributed by atoms with Gasteiger partial charge in [0.1, 0.15) is 0 Å². The Kier molecular flexibility index (Phi) is 6.10. The van der Waals surface area contributed by atoms with Crippen LogP contribution in [0, 0.1) is 5.92 Å². The molecule has 0 N–H and O–H groups in total. The zero-order valence-electron chi connectivity index (χ0n) is 15.7. The predicted molar refractivity (Wildman–Crippen MR) is 107 cm³/mol. The van der Waals surface area contributed by atoms with Crippen LogP contribution in [0.5, 0.6) is 0 Å². The second kappa shape index (κ2) is 8.30. The van der Waals surface area contributed by atoms with Crippen molar-refractivity contribution in [1.82, 2.24) is 0 Å². The van der Waals surface area contributed by atoms with E-state index in [0.29, 0.717) is 25.2 Å². The Morgan fingerprint density at radius 2 is 1.64 bits per heavy atom. The van der Waals surface area contributed by atoms with Crippen LogP contribution in [0.4, 0.5) is 0 Å². The van der Waals surface area contributed by atoms with Gasteiger partial charge < -0.3 is 9.47 Å². The highest BCUT2D eigenvalue weighted by atomic mass is 28.3. The molecule has 3 heteroatoms. The zero-order chi connectivity index (χ0) is 17.7. The monoisotopic (exact) mass is 354 g/mol. The molecule has 3 rings (SSSR count). The highest BCUT2D eigenvalue weighted by Crippen LogP contribution is 2.31. The molecule has 3 atom stereocenters. The van der Waals surface area contributed by atoms with Gasteiger partial charge in [-0.3, -0.25) is 0 Å². The second-order valence-electron chi connectivity index (χ2n) is 7.96. The molecule has 2 aromatic carbocycles. The van der Waals surface area contributed by atoms with Gasteiger partial charge in [-0.2, -0.15) is 0 Å². The van der Waals surface area contributed by atoms with E-state index in [1.54, 1.807) is 0 Å². The third-order valence-electron chi connectivity index (χ3n) is 5.32. The summed E-state index contributed by atoms with van der Waals surface area (Å²) in [4.78, 5) is 0. The SMILES string of the molecule is C[C@H]1C[C@H](C[Si](C)(C)c2ccccc2)O[C@@H]1COCc1ccccc1. The fourth-order valence-corrected chi connectivity index (χ4v) is 6.51.